The van der Waals surface area contributed by atoms with Crippen LogP contribution in [-0.2, 0) is 14.3 Å². The largest absolute Gasteiger partial charge is 0.466 e. The maximum atomic E-state index is 12.0. The van der Waals surface area contributed by atoms with E-state index in [0.717, 1.165) is 0 Å². The van der Waals surface area contributed by atoms with E-state index in [1.165, 1.54) is 30.3 Å². The number of hydrogen-bond donors (Lipinski definition) is 2. The highest BCUT2D eigenvalue weighted by atomic mass is 32.1. The van der Waals surface area contributed by atoms with E-state index in [2.05, 4.69) is 15.6 Å². The van der Waals surface area contributed by atoms with E-state index in [-0.39, 0.29) is 11.5 Å². The molecule has 2 N–H and O–H groups in total. The number of aromatic nitrogens is 1. The van der Waals surface area contributed by atoms with Crippen molar-refractivity contribution in [1.82, 2.24) is 15.6 Å². The van der Waals surface area contributed by atoms with Crippen LogP contribution in [0.15, 0.2) is 16.7 Å². The molecule has 124 valence electrons. The van der Waals surface area contributed by atoms with Crippen molar-refractivity contribution in [3.05, 3.63) is 22.3 Å². The van der Waals surface area contributed by atoms with Crippen molar-refractivity contribution in [3.8, 4) is 0 Å². The van der Waals surface area contributed by atoms with Crippen LogP contribution in [0.1, 0.15) is 32.5 Å². The van der Waals surface area contributed by atoms with Gasteiger partial charge >= 0.3 is 12.0 Å². The molecule has 0 aromatic carbocycles. The summed E-state index contributed by atoms with van der Waals surface area (Å²) in [6.07, 6.45) is 0. The third-order valence-corrected chi connectivity index (χ3v) is 4.29. The number of methoxy groups -OCH3 is 1. The van der Waals surface area contributed by atoms with Crippen molar-refractivity contribution in [3.63, 3.8) is 0 Å². The number of thiazole rings is 1. The number of amides is 3. The minimum absolute atomic E-state index is 0.123. The van der Waals surface area contributed by atoms with Crippen molar-refractivity contribution >= 4 is 34.4 Å². The van der Waals surface area contributed by atoms with Crippen LogP contribution in [0.25, 0.3) is 0 Å². The fourth-order valence-corrected chi connectivity index (χ4v) is 3.28. The van der Waals surface area contributed by atoms with Gasteiger partial charge in [-0.2, -0.15) is 0 Å². The monoisotopic (exact) mass is 338 g/mol. The molecule has 0 saturated heterocycles. The quantitative estimate of drug-likeness (QED) is 0.806. The summed E-state index contributed by atoms with van der Waals surface area (Å²) in [7, 11) is 1.27. The molecule has 1 aliphatic heterocycles. The lowest BCUT2D eigenvalue weighted by Gasteiger charge is -2.26. The van der Waals surface area contributed by atoms with E-state index in [1.807, 2.05) is 6.92 Å². The molecular formula is C14H18N4O4S. The van der Waals surface area contributed by atoms with Crippen molar-refractivity contribution < 1.29 is 19.1 Å². The second-order valence-electron chi connectivity index (χ2n) is 4.88. The first-order valence-corrected chi connectivity index (χ1v) is 7.87. The molecule has 9 heteroatoms. The van der Waals surface area contributed by atoms with Crippen LogP contribution in [-0.4, -0.2) is 36.5 Å². The van der Waals surface area contributed by atoms with Gasteiger partial charge < -0.3 is 15.4 Å². The molecule has 0 saturated carbocycles. The third kappa shape index (κ3) is 3.34. The topological polar surface area (TPSA) is 101 Å². The van der Waals surface area contributed by atoms with Gasteiger partial charge in [-0.05, 0) is 13.8 Å². The Labute approximate surface area is 137 Å². The van der Waals surface area contributed by atoms with Gasteiger partial charge in [-0.15, -0.1) is 11.3 Å². The third-order valence-electron chi connectivity index (χ3n) is 3.41. The summed E-state index contributed by atoms with van der Waals surface area (Å²) in [5.41, 5.74) is 1.19. The Morgan fingerprint density at radius 2 is 2.17 bits per heavy atom. The number of esters is 1. The molecule has 0 radical (unpaired) electrons. The van der Waals surface area contributed by atoms with Crippen LogP contribution >= 0.6 is 11.3 Å². The molecule has 1 atom stereocenters. The van der Waals surface area contributed by atoms with Gasteiger partial charge in [0.15, 0.2) is 5.13 Å². The van der Waals surface area contributed by atoms with Crippen LogP contribution in [0.5, 0.6) is 0 Å². The number of nitrogens with one attached hydrogen (secondary N) is 2. The van der Waals surface area contributed by atoms with Gasteiger partial charge in [0.05, 0.1) is 18.4 Å². The number of carbonyl (C=O) groups is 3. The Hall–Kier alpha value is -2.42. The number of carbonyl (C=O) groups excluding carboxylic acids is 3. The summed E-state index contributed by atoms with van der Waals surface area (Å²) in [6, 6.07) is -1.14. The number of ether oxygens (including phenoxy) is 1. The first-order valence-electron chi connectivity index (χ1n) is 6.99. The second kappa shape index (κ2) is 6.78. The van der Waals surface area contributed by atoms with Crippen LogP contribution < -0.4 is 15.5 Å². The summed E-state index contributed by atoms with van der Waals surface area (Å²) in [6.45, 7) is 5.41. The summed E-state index contributed by atoms with van der Waals surface area (Å²) in [5, 5.41) is 7.44. The summed E-state index contributed by atoms with van der Waals surface area (Å²) in [4.78, 5) is 41.3. The molecule has 1 aliphatic rings. The van der Waals surface area contributed by atoms with Crippen molar-refractivity contribution in [2.45, 2.75) is 26.8 Å². The highest BCUT2D eigenvalue weighted by Gasteiger charge is 2.33. The fraction of sp³-hybridized carbons (Fsp3) is 0.429. The van der Waals surface area contributed by atoms with Crippen LogP contribution in [0.2, 0.25) is 0 Å². The lowest BCUT2D eigenvalue weighted by molar-refractivity contribution is -0.136. The number of urea groups is 1. The predicted molar refractivity (Wildman–Crippen MR) is 84.9 cm³/mol. The van der Waals surface area contributed by atoms with Gasteiger partial charge in [0.25, 0.3) is 0 Å². The lowest BCUT2D eigenvalue weighted by atomic mass is 10.0. The first kappa shape index (κ1) is 16.9. The standard InChI is InChI=1S/C14H18N4O4S/c1-5-18(8(3)19)14-16-9(6-23-14)11-10(12(20)22-4)7(2)15-13(21)17-11/h6,11H,5H2,1-4H3,(H2,15,17,21)/t11-/m0/s1. The average molecular weight is 338 g/mol. The molecule has 0 unspecified atom stereocenters. The molecule has 0 fully saturated rings. The number of anilines is 1. The van der Waals surface area contributed by atoms with Gasteiger partial charge in [-0.3, -0.25) is 9.69 Å². The number of hydrogen-bond acceptors (Lipinski definition) is 6. The fourth-order valence-electron chi connectivity index (χ4n) is 2.32. The Morgan fingerprint density at radius 3 is 2.74 bits per heavy atom. The van der Waals surface area contributed by atoms with Crippen molar-refractivity contribution in [1.29, 1.82) is 0 Å². The average Bonchev–Trinajstić information content (AvgIpc) is 2.95. The second-order valence-corrected chi connectivity index (χ2v) is 5.72. The van der Waals surface area contributed by atoms with Gasteiger partial charge in [0.2, 0.25) is 5.91 Å². The highest BCUT2D eigenvalue weighted by Crippen LogP contribution is 2.31. The van der Waals surface area contributed by atoms with Crippen LogP contribution in [0, 0.1) is 0 Å². The van der Waals surface area contributed by atoms with Crippen LogP contribution in [0.3, 0.4) is 0 Å². The lowest BCUT2D eigenvalue weighted by Crippen LogP contribution is -2.45. The highest BCUT2D eigenvalue weighted by molar-refractivity contribution is 7.14. The van der Waals surface area contributed by atoms with E-state index in [0.29, 0.717) is 23.1 Å². The van der Waals surface area contributed by atoms with Crippen molar-refractivity contribution in [2.75, 3.05) is 18.6 Å². The SMILES string of the molecule is CCN(C(C)=O)c1nc([C@@H]2NC(=O)NC(C)=C2C(=O)OC)cs1. The minimum Gasteiger partial charge on any atom is -0.466 e. The smallest absolute Gasteiger partial charge is 0.338 e. The van der Waals surface area contributed by atoms with E-state index in [4.69, 9.17) is 4.74 Å². The summed E-state index contributed by atoms with van der Waals surface area (Å²) in [5.74, 6) is -0.670. The molecule has 2 rings (SSSR count). The molecule has 1 aromatic heterocycles. The molecule has 8 nitrogen and oxygen atoms in total. The molecule has 2 heterocycles. The maximum Gasteiger partial charge on any atom is 0.338 e. The predicted octanol–water partition coefficient (Wildman–Crippen LogP) is 1.32. The van der Waals surface area contributed by atoms with Crippen LogP contribution in [0.4, 0.5) is 9.93 Å². The Kier molecular flexibility index (Phi) is 4.99. The molecular weight excluding hydrogens is 320 g/mol. The Morgan fingerprint density at radius 1 is 1.48 bits per heavy atom. The number of rotatable bonds is 4. The van der Waals surface area contributed by atoms with E-state index < -0.39 is 18.0 Å². The number of nitrogens with zero attached hydrogens (tertiary/aromatic N) is 2. The zero-order valence-electron chi connectivity index (χ0n) is 13.3. The van der Waals surface area contributed by atoms with E-state index in [9.17, 15) is 14.4 Å². The molecule has 0 bridgehead atoms. The van der Waals surface area contributed by atoms with Gasteiger partial charge in [0.1, 0.15) is 6.04 Å². The maximum absolute atomic E-state index is 12.0. The first-order chi connectivity index (χ1) is 10.9. The zero-order chi connectivity index (χ0) is 17.1. The molecule has 0 spiro atoms. The summed E-state index contributed by atoms with van der Waals surface area (Å²) >= 11 is 1.28. The molecule has 0 aliphatic carbocycles. The molecule has 3 amide bonds. The van der Waals surface area contributed by atoms with E-state index in [1.54, 1.807) is 12.3 Å². The molecule has 23 heavy (non-hydrogen) atoms. The minimum atomic E-state index is -0.716. The van der Waals surface area contributed by atoms with Gasteiger partial charge in [-0.1, -0.05) is 0 Å². The molecule has 1 aromatic rings. The normalized spacial score (nSPS) is 17.4. The van der Waals surface area contributed by atoms with Gasteiger partial charge in [-0.25, -0.2) is 14.6 Å². The van der Waals surface area contributed by atoms with Crippen molar-refractivity contribution in [2.24, 2.45) is 0 Å². The number of allylic oxidation sites excluding steroid dienone is 1. The Bertz CT molecular complexity index is 682. The zero-order valence-corrected chi connectivity index (χ0v) is 14.1. The summed E-state index contributed by atoms with van der Waals surface area (Å²) < 4.78 is 4.78. The van der Waals surface area contributed by atoms with E-state index >= 15 is 0 Å². The van der Waals surface area contributed by atoms with Gasteiger partial charge in [0, 0.05) is 24.5 Å². The Balaban J connectivity index is 2.41.